The molecule has 12 rings (SSSR count). The lowest BCUT2D eigenvalue weighted by Crippen LogP contribution is -2.01. The first-order valence-electron chi connectivity index (χ1n) is 21.4. The minimum absolute atomic E-state index is 0.648. The monoisotopic (exact) mass is 792 g/mol. The van der Waals surface area contributed by atoms with Crippen molar-refractivity contribution in [1.82, 2.24) is 19.1 Å². The minimum atomic E-state index is 0.648. The molecule has 4 nitrogen and oxygen atoms in total. The van der Waals surface area contributed by atoms with E-state index in [2.05, 4.69) is 215 Å². The molecule has 0 fully saturated rings. The predicted molar refractivity (Wildman–Crippen MR) is 259 cm³/mol. The van der Waals surface area contributed by atoms with Crippen molar-refractivity contribution in [3.63, 3.8) is 0 Å². The molecule has 1 aliphatic carbocycles. The van der Waals surface area contributed by atoms with Gasteiger partial charge in [-0.25, -0.2) is 9.97 Å². The third-order valence-electron chi connectivity index (χ3n) is 12.5. The quantitative estimate of drug-likeness (QED) is 0.161. The Morgan fingerprint density at radius 2 is 0.855 bits per heavy atom. The van der Waals surface area contributed by atoms with Crippen LogP contribution in [0, 0.1) is 0 Å². The number of nitrogens with zero attached hydrogens (tertiary/aromatic N) is 4. The van der Waals surface area contributed by atoms with Crippen LogP contribution in [0.25, 0.3) is 111 Å². The molecule has 62 heavy (non-hydrogen) atoms. The largest absolute Gasteiger partial charge is 0.313 e. The Labute approximate surface area is 360 Å². The molecule has 11 aromatic rings. The Morgan fingerprint density at radius 3 is 1.52 bits per heavy atom. The van der Waals surface area contributed by atoms with Gasteiger partial charge in [-0.1, -0.05) is 152 Å². The maximum atomic E-state index is 5.23. The normalized spacial score (nSPS) is 12.7. The lowest BCUT2D eigenvalue weighted by molar-refractivity contribution is 0.979. The zero-order valence-corrected chi connectivity index (χ0v) is 34.0. The second kappa shape index (κ2) is 14.9. The topological polar surface area (TPSA) is 35.6 Å². The molecule has 0 N–H and O–H groups in total. The van der Waals surface area contributed by atoms with Crippen LogP contribution in [0.1, 0.15) is 12.8 Å². The van der Waals surface area contributed by atoms with Crippen molar-refractivity contribution in [1.29, 1.82) is 0 Å². The number of fused-ring (bicyclic) bond motifs is 6. The van der Waals surface area contributed by atoms with Crippen LogP contribution in [0.15, 0.2) is 219 Å². The summed E-state index contributed by atoms with van der Waals surface area (Å²) in [6.45, 7) is 0. The molecule has 0 amide bonds. The average molecular weight is 793 g/mol. The molecule has 0 unspecified atom stereocenters. The van der Waals surface area contributed by atoms with Gasteiger partial charge < -0.3 is 4.57 Å². The molecule has 1 aliphatic rings. The number of rotatable bonds is 7. The third kappa shape index (κ3) is 6.15. The number of aromatic nitrogens is 4. The number of benzene rings is 8. The first-order valence-corrected chi connectivity index (χ1v) is 21.4. The zero-order valence-electron chi connectivity index (χ0n) is 34.0. The van der Waals surface area contributed by atoms with Crippen molar-refractivity contribution >= 4 is 49.3 Å². The van der Waals surface area contributed by atoms with E-state index in [1.807, 2.05) is 12.3 Å². The molecule has 0 saturated carbocycles. The Kier molecular flexibility index (Phi) is 8.60. The van der Waals surface area contributed by atoms with E-state index in [0.29, 0.717) is 5.95 Å². The Morgan fingerprint density at radius 1 is 0.371 bits per heavy atom. The van der Waals surface area contributed by atoms with Gasteiger partial charge in [-0.3, -0.25) is 4.57 Å². The SMILES string of the molecule is C1=CCCC(n2c3ccc(-c4ccccc4)cc3c3cc(-c4ccc5c(c4)c4ccccc4n5-c4nccc(-c5cccc(-c6ccc(-c7ccccc7)cc6)c5)n4)ccc32)=C1. The Hall–Kier alpha value is -8.08. The van der Waals surface area contributed by atoms with Crippen molar-refractivity contribution in [3.05, 3.63) is 219 Å². The molecular weight excluding hydrogens is 753 g/mol. The van der Waals surface area contributed by atoms with Gasteiger partial charge in [-0.05, 0) is 118 Å². The summed E-state index contributed by atoms with van der Waals surface area (Å²) in [5.74, 6) is 0.648. The molecule has 0 aliphatic heterocycles. The second-order valence-corrected chi connectivity index (χ2v) is 16.1. The van der Waals surface area contributed by atoms with E-state index in [-0.39, 0.29) is 0 Å². The molecular formula is C58H40N4. The van der Waals surface area contributed by atoms with Gasteiger partial charge in [0.05, 0.1) is 27.8 Å². The number of hydrogen-bond acceptors (Lipinski definition) is 2. The van der Waals surface area contributed by atoms with Gasteiger partial charge in [0.25, 0.3) is 0 Å². The van der Waals surface area contributed by atoms with E-state index in [1.54, 1.807) is 0 Å². The molecule has 8 aromatic carbocycles. The van der Waals surface area contributed by atoms with Gasteiger partial charge in [0.2, 0.25) is 5.95 Å². The smallest absolute Gasteiger partial charge is 0.235 e. The van der Waals surface area contributed by atoms with Gasteiger partial charge in [0, 0.05) is 39.0 Å². The fourth-order valence-electron chi connectivity index (χ4n) is 9.43. The fraction of sp³-hybridized carbons (Fsp3) is 0.0345. The molecule has 0 bridgehead atoms. The van der Waals surface area contributed by atoms with Crippen molar-refractivity contribution in [3.8, 4) is 61.7 Å². The Balaban J connectivity index is 0.941. The van der Waals surface area contributed by atoms with Gasteiger partial charge in [-0.15, -0.1) is 0 Å². The number of para-hydroxylation sites is 1. The summed E-state index contributed by atoms with van der Waals surface area (Å²) < 4.78 is 4.68. The molecule has 0 spiro atoms. The van der Waals surface area contributed by atoms with Gasteiger partial charge >= 0.3 is 0 Å². The van der Waals surface area contributed by atoms with Crippen LogP contribution in [-0.4, -0.2) is 19.1 Å². The first-order chi connectivity index (χ1) is 30.7. The second-order valence-electron chi connectivity index (χ2n) is 16.1. The molecule has 3 heterocycles. The molecule has 292 valence electrons. The highest BCUT2D eigenvalue weighted by molar-refractivity contribution is 6.13. The summed E-state index contributed by atoms with van der Waals surface area (Å²) in [5.41, 5.74) is 17.4. The van der Waals surface area contributed by atoms with E-state index in [1.165, 1.54) is 77.2 Å². The van der Waals surface area contributed by atoms with Crippen molar-refractivity contribution in [2.24, 2.45) is 0 Å². The van der Waals surface area contributed by atoms with Crippen LogP contribution in [0.5, 0.6) is 0 Å². The van der Waals surface area contributed by atoms with Crippen LogP contribution in [0.3, 0.4) is 0 Å². The lowest BCUT2D eigenvalue weighted by atomic mass is 9.98. The summed E-state index contributed by atoms with van der Waals surface area (Å²) in [6.07, 6.45) is 10.7. The van der Waals surface area contributed by atoms with Crippen LogP contribution >= 0.6 is 0 Å². The van der Waals surface area contributed by atoms with Gasteiger partial charge in [0.1, 0.15) is 0 Å². The Bertz CT molecular complexity index is 3550. The third-order valence-corrected chi connectivity index (χ3v) is 12.5. The lowest BCUT2D eigenvalue weighted by Gasteiger charge is -2.14. The fourth-order valence-corrected chi connectivity index (χ4v) is 9.43. The van der Waals surface area contributed by atoms with Crippen LogP contribution in [0.2, 0.25) is 0 Å². The molecule has 0 saturated heterocycles. The van der Waals surface area contributed by atoms with Crippen LogP contribution in [-0.2, 0) is 0 Å². The molecule has 0 radical (unpaired) electrons. The predicted octanol–water partition coefficient (Wildman–Crippen LogP) is 15.2. The molecule has 4 heteroatoms. The highest BCUT2D eigenvalue weighted by Gasteiger charge is 2.19. The maximum Gasteiger partial charge on any atom is 0.235 e. The van der Waals surface area contributed by atoms with Gasteiger partial charge in [0.15, 0.2) is 0 Å². The highest BCUT2D eigenvalue weighted by Crippen LogP contribution is 2.40. The maximum absolute atomic E-state index is 5.23. The average Bonchev–Trinajstić information content (AvgIpc) is 3.87. The zero-order chi connectivity index (χ0) is 41.0. The van der Waals surface area contributed by atoms with Gasteiger partial charge in [-0.2, -0.15) is 0 Å². The van der Waals surface area contributed by atoms with E-state index < -0.39 is 0 Å². The highest BCUT2D eigenvalue weighted by atomic mass is 15.2. The molecule has 3 aromatic heterocycles. The van der Waals surface area contributed by atoms with E-state index in [0.717, 1.165) is 40.7 Å². The van der Waals surface area contributed by atoms with Crippen LogP contribution in [0.4, 0.5) is 0 Å². The standard InChI is InChI=1S/C58H40N4/c1-4-13-39(14-5-1)41-23-25-42(26-24-41)43-17-12-18-47(35-43)53-33-34-59-58(60-53)62-54-22-11-10-21-49(54)50-37-45(29-32-57(50)62)46-28-31-56-52(38-46)51-36-44(40-15-6-2-7-16-40)27-30-55(51)61(56)48-19-8-3-9-20-48/h1-8,10-19,21-38H,9,20H2. The van der Waals surface area contributed by atoms with E-state index in [9.17, 15) is 0 Å². The van der Waals surface area contributed by atoms with Crippen molar-refractivity contribution in [2.45, 2.75) is 12.8 Å². The number of hydrogen-bond donors (Lipinski definition) is 0. The minimum Gasteiger partial charge on any atom is -0.313 e. The summed E-state index contributed by atoms with van der Waals surface area (Å²) >= 11 is 0. The number of allylic oxidation sites excluding steroid dienone is 4. The van der Waals surface area contributed by atoms with Crippen LogP contribution < -0.4 is 0 Å². The summed E-state index contributed by atoms with van der Waals surface area (Å²) in [4.78, 5) is 10.1. The van der Waals surface area contributed by atoms with Crippen molar-refractivity contribution < 1.29 is 0 Å². The first kappa shape index (κ1) is 35.8. The summed E-state index contributed by atoms with van der Waals surface area (Å²) in [6, 6.07) is 70.0. The summed E-state index contributed by atoms with van der Waals surface area (Å²) in [5, 5.41) is 4.86. The van der Waals surface area contributed by atoms with Crippen molar-refractivity contribution in [2.75, 3.05) is 0 Å². The molecule has 0 atom stereocenters. The summed E-state index contributed by atoms with van der Waals surface area (Å²) in [7, 11) is 0. The van der Waals surface area contributed by atoms with E-state index in [4.69, 9.17) is 9.97 Å². The van der Waals surface area contributed by atoms with E-state index >= 15 is 0 Å².